The molecule has 0 radical (unpaired) electrons. The number of hydrogen-bond donors (Lipinski definition) is 1. The monoisotopic (exact) mass is 322 g/mol. The van der Waals surface area contributed by atoms with Crippen molar-refractivity contribution in [1.82, 2.24) is 0 Å². The summed E-state index contributed by atoms with van der Waals surface area (Å²) in [5.41, 5.74) is 0.717. The van der Waals surface area contributed by atoms with Gasteiger partial charge in [-0.3, -0.25) is 0 Å². The van der Waals surface area contributed by atoms with Gasteiger partial charge in [-0.1, -0.05) is 11.6 Å². The molecule has 0 amide bonds. The minimum atomic E-state index is -0.595. The van der Waals surface area contributed by atoms with Crippen molar-refractivity contribution in [2.24, 2.45) is 0 Å². The van der Waals surface area contributed by atoms with E-state index >= 15 is 0 Å². The maximum absolute atomic E-state index is 12.3. The van der Waals surface area contributed by atoms with Crippen LogP contribution in [0.25, 0.3) is 0 Å². The molecule has 0 atom stereocenters. The van der Waals surface area contributed by atoms with E-state index in [-0.39, 0.29) is 12.2 Å². The molecule has 116 valence electrons. The standard InChI is InChI=1S/C16H15ClO5/c1-20-14-8-13(15(21-2)7-10(14)9-18)16(19)22-12-5-3-11(17)4-6-12/h3-8,18H,9H2,1-2H3. The summed E-state index contributed by atoms with van der Waals surface area (Å²) in [6.45, 7) is -0.230. The van der Waals surface area contributed by atoms with Crippen molar-refractivity contribution in [3.05, 3.63) is 52.5 Å². The van der Waals surface area contributed by atoms with Crippen molar-refractivity contribution in [1.29, 1.82) is 0 Å². The molecule has 0 heterocycles. The van der Waals surface area contributed by atoms with Gasteiger partial charge in [0.2, 0.25) is 0 Å². The molecule has 1 N–H and O–H groups in total. The molecule has 6 heteroatoms. The topological polar surface area (TPSA) is 65.0 Å². The molecule has 5 nitrogen and oxygen atoms in total. The molecule has 0 unspecified atom stereocenters. The molecule has 0 aliphatic rings. The zero-order chi connectivity index (χ0) is 16.1. The summed E-state index contributed by atoms with van der Waals surface area (Å²) < 4.78 is 15.6. The number of hydrogen-bond acceptors (Lipinski definition) is 5. The van der Waals surface area contributed by atoms with Crippen LogP contribution in [-0.2, 0) is 6.61 Å². The number of ether oxygens (including phenoxy) is 3. The van der Waals surface area contributed by atoms with Crippen LogP contribution in [0.2, 0.25) is 5.02 Å². The summed E-state index contributed by atoms with van der Waals surface area (Å²) in [6, 6.07) is 9.44. The predicted octanol–water partition coefficient (Wildman–Crippen LogP) is 3.07. The molecule has 0 saturated heterocycles. The fraction of sp³-hybridized carbons (Fsp3) is 0.188. The zero-order valence-corrected chi connectivity index (χ0v) is 12.9. The van der Waals surface area contributed by atoms with E-state index in [2.05, 4.69) is 0 Å². The third-order valence-corrected chi connectivity index (χ3v) is 3.27. The summed E-state index contributed by atoms with van der Waals surface area (Å²) in [4.78, 5) is 12.3. The Morgan fingerprint density at radius 3 is 2.27 bits per heavy atom. The molecule has 0 aromatic heterocycles. The number of rotatable bonds is 5. The van der Waals surface area contributed by atoms with Crippen molar-refractivity contribution >= 4 is 17.6 Å². The van der Waals surface area contributed by atoms with Crippen LogP contribution in [0.15, 0.2) is 36.4 Å². The summed E-state index contributed by atoms with van der Waals surface area (Å²) in [5, 5.41) is 9.84. The van der Waals surface area contributed by atoms with Gasteiger partial charge in [0.25, 0.3) is 0 Å². The Kier molecular flexibility index (Phi) is 5.25. The Labute approximate surface area is 133 Å². The van der Waals surface area contributed by atoms with Gasteiger partial charge in [-0.05, 0) is 36.4 Å². The van der Waals surface area contributed by atoms with Crippen LogP contribution in [0.3, 0.4) is 0 Å². The zero-order valence-electron chi connectivity index (χ0n) is 12.1. The normalized spacial score (nSPS) is 10.2. The SMILES string of the molecule is COc1cc(C(=O)Oc2ccc(Cl)cc2)c(OC)cc1CO. The fourth-order valence-corrected chi connectivity index (χ4v) is 2.03. The number of aliphatic hydroxyl groups excluding tert-OH is 1. The Morgan fingerprint density at radius 2 is 1.73 bits per heavy atom. The van der Waals surface area contributed by atoms with Crippen LogP contribution in [0.4, 0.5) is 0 Å². The van der Waals surface area contributed by atoms with E-state index in [4.69, 9.17) is 25.8 Å². The highest BCUT2D eigenvalue weighted by molar-refractivity contribution is 6.30. The van der Waals surface area contributed by atoms with Gasteiger partial charge >= 0.3 is 5.97 Å². The highest BCUT2D eigenvalue weighted by Gasteiger charge is 2.18. The Balaban J connectivity index is 2.33. The molecule has 0 bridgehead atoms. The molecule has 0 aliphatic carbocycles. The minimum absolute atomic E-state index is 0.200. The minimum Gasteiger partial charge on any atom is -0.496 e. The average molecular weight is 323 g/mol. The number of esters is 1. The number of halogens is 1. The molecular formula is C16H15ClO5. The van der Waals surface area contributed by atoms with Gasteiger partial charge in [-0.15, -0.1) is 0 Å². The van der Waals surface area contributed by atoms with Crippen molar-refractivity contribution in [3.8, 4) is 17.2 Å². The molecular weight excluding hydrogens is 308 g/mol. The summed E-state index contributed by atoms with van der Waals surface area (Å²) in [7, 11) is 2.89. The molecule has 0 aliphatic heterocycles. The average Bonchev–Trinajstić information content (AvgIpc) is 2.55. The number of aliphatic hydroxyl groups is 1. The summed E-state index contributed by atoms with van der Waals surface area (Å²) in [5.74, 6) is 0.443. The fourth-order valence-electron chi connectivity index (χ4n) is 1.91. The summed E-state index contributed by atoms with van der Waals surface area (Å²) >= 11 is 5.79. The third-order valence-electron chi connectivity index (χ3n) is 3.02. The van der Waals surface area contributed by atoms with E-state index in [0.29, 0.717) is 27.8 Å². The maximum atomic E-state index is 12.3. The first kappa shape index (κ1) is 16.1. The molecule has 2 aromatic carbocycles. The van der Waals surface area contributed by atoms with Gasteiger partial charge in [-0.2, -0.15) is 0 Å². The number of methoxy groups -OCH3 is 2. The molecule has 0 spiro atoms. The van der Waals surface area contributed by atoms with Crippen molar-refractivity contribution < 1.29 is 24.1 Å². The largest absolute Gasteiger partial charge is 0.496 e. The van der Waals surface area contributed by atoms with E-state index in [1.54, 1.807) is 24.3 Å². The maximum Gasteiger partial charge on any atom is 0.347 e. The van der Waals surface area contributed by atoms with Crippen LogP contribution in [0, 0.1) is 0 Å². The van der Waals surface area contributed by atoms with Crippen molar-refractivity contribution in [2.75, 3.05) is 14.2 Å². The third kappa shape index (κ3) is 3.50. The van der Waals surface area contributed by atoms with E-state index in [1.165, 1.54) is 26.4 Å². The lowest BCUT2D eigenvalue weighted by atomic mass is 10.1. The summed E-state index contributed by atoms with van der Waals surface area (Å²) in [6.07, 6.45) is 0. The predicted molar refractivity (Wildman–Crippen MR) is 81.9 cm³/mol. The first-order valence-electron chi connectivity index (χ1n) is 6.42. The van der Waals surface area contributed by atoms with Gasteiger partial charge in [0, 0.05) is 10.6 Å². The quantitative estimate of drug-likeness (QED) is 0.677. The number of carbonyl (C=O) groups excluding carboxylic acids is 1. The van der Waals surface area contributed by atoms with Crippen molar-refractivity contribution in [2.45, 2.75) is 6.61 Å². The molecule has 0 saturated carbocycles. The van der Waals surface area contributed by atoms with Crippen LogP contribution in [0.5, 0.6) is 17.2 Å². The number of carbonyl (C=O) groups is 1. The van der Waals surface area contributed by atoms with Gasteiger partial charge in [0.15, 0.2) is 0 Å². The Hall–Kier alpha value is -2.24. The second-order valence-electron chi connectivity index (χ2n) is 4.37. The lowest BCUT2D eigenvalue weighted by molar-refractivity contribution is 0.0730. The van der Waals surface area contributed by atoms with Crippen molar-refractivity contribution in [3.63, 3.8) is 0 Å². The first-order valence-corrected chi connectivity index (χ1v) is 6.80. The van der Waals surface area contributed by atoms with Gasteiger partial charge in [0.1, 0.15) is 22.8 Å². The van der Waals surface area contributed by atoms with Crippen LogP contribution >= 0.6 is 11.6 Å². The highest BCUT2D eigenvalue weighted by Crippen LogP contribution is 2.30. The lowest BCUT2D eigenvalue weighted by Crippen LogP contribution is -2.11. The van der Waals surface area contributed by atoms with Crippen LogP contribution in [0.1, 0.15) is 15.9 Å². The van der Waals surface area contributed by atoms with Gasteiger partial charge < -0.3 is 19.3 Å². The van der Waals surface area contributed by atoms with Gasteiger partial charge in [0.05, 0.1) is 20.8 Å². The van der Waals surface area contributed by atoms with Crippen LogP contribution in [-0.4, -0.2) is 25.3 Å². The van der Waals surface area contributed by atoms with Gasteiger partial charge in [-0.25, -0.2) is 4.79 Å². The molecule has 2 rings (SSSR count). The first-order chi connectivity index (χ1) is 10.6. The van der Waals surface area contributed by atoms with Crippen LogP contribution < -0.4 is 14.2 Å². The van der Waals surface area contributed by atoms with E-state index in [1.807, 2.05) is 0 Å². The van der Waals surface area contributed by atoms with E-state index in [9.17, 15) is 9.90 Å². The second kappa shape index (κ2) is 7.15. The Morgan fingerprint density at radius 1 is 1.09 bits per heavy atom. The smallest absolute Gasteiger partial charge is 0.347 e. The van der Waals surface area contributed by atoms with E-state index < -0.39 is 5.97 Å². The van der Waals surface area contributed by atoms with E-state index in [0.717, 1.165) is 0 Å². The number of benzene rings is 2. The molecule has 22 heavy (non-hydrogen) atoms. The lowest BCUT2D eigenvalue weighted by Gasteiger charge is -2.13. The molecule has 0 fully saturated rings. The second-order valence-corrected chi connectivity index (χ2v) is 4.80. The Bertz CT molecular complexity index is 667. The molecule has 2 aromatic rings. The highest BCUT2D eigenvalue weighted by atomic mass is 35.5.